The molecule has 0 aliphatic carbocycles. The quantitative estimate of drug-likeness (QED) is 0.470. The largest absolute Gasteiger partial charge is 0.314 e. The molecule has 0 bridgehead atoms. The van der Waals surface area contributed by atoms with Crippen molar-refractivity contribution in [3.8, 4) is 0 Å². The molecule has 2 nitrogen and oxygen atoms in total. The molecule has 2 N–H and O–H groups in total. The van der Waals surface area contributed by atoms with Crippen LogP contribution in [0.4, 0.5) is 0 Å². The lowest BCUT2D eigenvalue weighted by Crippen LogP contribution is -2.48. The van der Waals surface area contributed by atoms with Crippen molar-refractivity contribution in [2.75, 3.05) is 19.6 Å². The molecule has 1 saturated heterocycles. The summed E-state index contributed by atoms with van der Waals surface area (Å²) in [6.07, 6.45) is 0. The van der Waals surface area contributed by atoms with Crippen molar-refractivity contribution < 1.29 is 0 Å². The number of rotatable bonds is 1. The van der Waals surface area contributed by atoms with Gasteiger partial charge in [0.1, 0.15) is 0 Å². The fourth-order valence-electron chi connectivity index (χ4n) is 0.772. The van der Waals surface area contributed by atoms with Gasteiger partial charge in [-0.15, -0.1) is 0 Å². The first-order chi connectivity index (χ1) is 3.93. The standard InChI is InChI=1S/C5H10N2S/c8-4-5-3-6-1-2-7-5/h4-7H,1-3H2. The molecule has 0 amide bonds. The van der Waals surface area contributed by atoms with Crippen LogP contribution >= 0.6 is 12.2 Å². The molecule has 46 valence electrons. The molecular weight excluding hydrogens is 120 g/mol. The zero-order valence-corrected chi connectivity index (χ0v) is 5.50. The highest BCUT2D eigenvalue weighted by atomic mass is 32.1. The maximum Gasteiger partial charge on any atom is 0.0480 e. The second-order valence-electron chi connectivity index (χ2n) is 1.90. The first-order valence-corrected chi connectivity index (χ1v) is 3.30. The zero-order valence-electron chi connectivity index (χ0n) is 4.68. The van der Waals surface area contributed by atoms with Crippen LogP contribution in [0.2, 0.25) is 0 Å². The fourth-order valence-corrected chi connectivity index (χ4v) is 0.964. The second kappa shape index (κ2) is 3.12. The predicted octanol–water partition coefficient (Wildman–Crippen LogP) is -0.453. The highest BCUT2D eigenvalue weighted by molar-refractivity contribution is 7.79. The molecule has 0 aromatic rings. The van der Waals surface area contributed by atoms with Gasteiger partial charge in [-0.1, -0.05) is 12.2 Å². The van der Waals surface area contributed by atoms with Crippen molar-refractivity contribution in [1.29, 1.82) is 0 Å². The first kappa shape index (κ1) is 6.13. The van der Waals surface area contributed by atoms with E-state index in [0.717, 1.165) is 19.6 Å². The molecule has 1 unspecified atom stereocenters. The van der Waals surface area contributed by atoms with Gasteiger partial charge in [0.05, 0.1) is 0 Å². The normalized spacial score (nSPS) is 29.8. The van der Waals surface area contributed by atoms with Gasteiger partial charge in [0.25, 0.3) is 0 Å². The van der Waals surface area contributed by atoms with Crippen LogP contribution in [0, 0.1) is 0 Å². The van der Waals surface area contributed by atoms with Crippen LogP contribution in [0.25, 0.3) is 0 Å². The summed E-state index contributed by atoms with van der Waals surface area (Å²) in [6, 6.07) is 0.416. The molecule has 3 heteroatoms. The molecule has 8 heavy (non-hydrogen) atoms. The van der Waals surface area contributed by atoms with Crippen LogP contribution in [0.15, 0.2) is 0 Å². The lowest BCUT2D eigenvalue weighted by molar-refractivity contribution is 0.495. The lowest BCUT2D eigenvalue weighted by Gasteiger charge is -2.19. The molecule has 0 spiro atoms. The van der Waals surface area contributed by atoms with E-state index < -0.39 is 0 Å². The average Bonchev–Trinajstić information content (AvgIpc) is 1.90. The third-order valence-corrected chi connectivity index (χ3v) is 1.57. The Bertz CT molecular complexity index is 78.5. The van der Waals surface area contributed by atoms with E-state index in [-0.39, 0.29) is 0 Å². The van der Waals surface area contributed by atoms with Crippen LogP contribution < -0.4 is 10.6 Å². The zero-order chi connectivity index (χ0) is 5.82. The lowest BCUT2D eigenvalue weighted by atomic mass is 10.3. The molecule has 1 atom stereocenters. The van der Waals surface area contributed by atoms with E-state index >= 15 is 0 Å². The molecule has 1 aliphatic rings. The Labute approximate surface area is 54.7 Å². The SMILES string of the molecule is S=CC1CNCCN1. The van der Waals surface area contributed by atoms with E-state index in [0.29, 0.717) is 6.04 Å². The van der Waals surface area contributed by atoms with Gasteiger partial charge in [-0.25, -0.2) is 0 Å². The van der Waals surface area contributed by atoms with E-state index in [4.69, 9.17) is 12.2 Å². The van der Waals surface area contributed by atoms with Crippen LogP contribution in [-0.4, -0.2) is 31.0 Å². The highest BCUT2D eigenvalue weighted by Gasteiger charge is 2.06. The van der Waals surface area contributed by atoms with E-state index in [1.54, 1.807) is 5.37 Å². The molecular formula is C5H10N2S. The number of piperazine rings is 1. The Morgan fingerprint density at radius 1 is 1.50 bits per heavy atom. The van der Waals surface area contributed by atoms with E-state index in [2.05, 4.69) is 10.6 Å². The van der Waals surface area contributed by atoms with E-state index in [1.165, 1.54) is 0 Å². The van der Waals surface area contributed by atoms with Crippen molar-refractivity contribution in [2.45, 2.75) is 6.04 Å². The van der Waals surface area contributed by atoms with Gasteiger partial charge in [0.2, 0.25) is 0 Å². The Morgan fingerprint density at radius 2 is 2.38 bits per heavy atom. The Kier molecular flexibility index (Phi) is 2.39. The smallest absolute Gasteiger partial charge is 0.0480 e. The van der Waals surface area contributed by atoms with Crippen LogP contribution in [0.1, 0.15) is 0 Å². The predicted molar refractivity (Wildman–Crippen MR) is 38.3 cm³/mol. The summed E-state index contributed by atoms with van der Waals surface area (Å²) in [6.45, 7) is 3.10. The fraction of sp³-hybridized carbons (Fsp3) is 0.800. The van der Waals surface area contributed by atoms with Gasteiger partial charge in [-0.3, -0.25) is 0 Å². The molecule has 1 heterocycles. The third kappa shape index (κ3) is 1.51. The number of hydrogen-bond acceptors (Lipinski definition) is 3. The summed E-state index contributed by atoms with van der Waals surface area (Å²) in [4.78, 5) is 0. The van der Waals surface area contributed by atoms with Crippen molar-refractivity contribution in [3.05, 3.63) is 0 Å². The number of nitrogens with one attached hydrogen (secondary N) is 2. The molecule has 0 radical (unpaired) electrons. The molecule has 1 rings (SSSR count). The summed E-state index contributed by atoms with van der Waals surface area (Å²) in [5, 5.41) is 8.24. The number of hydrogen-bond donors (Lipinski definition) is 2. The van der Waals surface area contributed by atoms with Crippen LogP contribution in [-0.2, 0) is 0 Å². The summed E-state index contributed by atoms with van der Waals surface area (Å²) in [5.74, 6) is 0. The highest BCUT2D eigenvalue weighted by Crippen LogP contribution is 1.81. The Hall–Kier alpha value is 0.0100. The topological polar surface area (TPSA) is 24.1 Å². The first-order valence-electron chi connectivity index (χ1n) is 2.83. The van der Waals surface area contributed by atoms with Gasteiger partial charge in [-0.2, -0.15) is 0 Å². The molecule has 0 aromatic heterocycles. The second-order valence-corrected chi connectivity index (χ2v) is 2.17. The van der Waals surface area contributed by atoms with Crippen molar-refractivity contribution in [1.82, 2.24) is 10.6 Å². The summed E-state index contributed by atoms with van der Waals surface area (Å²) < 4.78 is 0. The van der Waals surface area contributed by atoms with Gasteiger partial charge in [0.15, 0.2) is 0 Å². The average molecular weight is 130 g/mol. The van der Waals surface area contributed by atoms with E-state index in [1.807, 2.05) is 0 Å². The summed E-state index contributed by atoms with van der Waals surface area (Å²) in [5.41, 5.74) is 0. The molecule has 0 saturated carbocycles. The van der Waals surface area contributed by atoms with Gasteiger partial charge < -0.3 is 10.6 Å². The molecule has 1 fully saturated rings. The van der Waals surface area contributed by atoms with Crippen molar-refractivity contribution in [3.63, 3.8) is 0 Å². The van der Waals surface area contributed by atoms with Gasteiger partial charge in [-0.05, 0) is 5.37 Å². The van der Waals surface area contributed by atoms with Gasteiger partial charge in [0, 0.05) is 25.7 Å². The monoisotopic (exact) mass is 130 g/mol. The maximum atomic E-state index is 4.74. The van der Waals surface area contributed by atoms with Crippen LogP contribution in [0.5, 0.6) is 0 Å². The molecule has 1 aliphatic heterocycles. The minimum Gasteiger partial charge on any atom is -0.314 e. The van der Waals surface area contributed by atoms with Crippen molar-refractivity contribution in [2.24, 2.45) is 0 Å². The summed E-state index contributed by atoms with van der Waals surface area (Å²) in [7, 11) is 0. The van der Waals surface area contributed by atoms with Crippen molar-refractivity contribution >= 4 is 17.6 Å². The minimum absolute atomic E-state index is 0.416. The molecule has 0 aromatic carbocycles. The Balaban J connectivity index is 2.22. The third-order valence-electron chi connectivity index (χ3n) is 1.24. The van der Waals surface area contributed by atoms with Crippen LogP contribution in [0.3, 0.4) is 0 Å². The number of thiocarbonyl (C=S) groups is 1. The van der Waals surface area contributed by atoms with Gasteiger partial charge >= 0.3 is 0 Å². The Morgan fingerprint density at radius 3 is 2.75 bits per heavy atom. The summed E-state index contributed by atoms with van der Waals surface area (Å²) >= 11 is 4.74. The minimum atomic E-state index is 0.416. The maximum absolute atomic E-state index is 4.74. The van der Waals surface area contributed by atoms with E-state index in [9.17, 15) is 0 Å².